The number of halogens is 1. The monoisotopic (exact) mass is 355 g/mol. The van der Waals surface area contributed by atoms with Gasteiger partial charge in [-0.05, 0) is 46.9 Å². The SMILES string of the molecule is CC(C)(C)c1ccc2oc(/C=C/c3cccc(Br)c3)nc2c1. The summed E-state index contributed by atoms with van der Waals surface area (Å²) in [5.74, 6) is 0.626. The zero-order valence-corrected chi connectivity index (χ0v) is 14.5. The first kappa shape index (κ1) is 15.0. The van der Waals surface area contributed by atoms with Crippen molar-refractivity contribution >= 4 is 39.2 Å². The molecule has 3 rings (SSSR count). The molecule has 1 heterocycles. The van der Waals surface area contributed by atoms with E-state index >= 15 is 0 Å². The maximum Gasteiger partial charge on any atom is 0.220 e. The molecule has 0 saturated heterocycles. The first-order valence-electron chi connectivity index (χ1n) is 7.26. The summed E-state index contributed by atoms with van der Waals surface area (Å²) in [7, 11) is 0. The molecule has 2 aromatic carbocycles. The minimum absolute atomic E-state index is 0.111. The van der Waals surface area contributed by atoms with Crippen LogP contribution in [0.3, 0.4) is 0 Å². The number of benzene rings is 2. The van der Waals surface area contributed by atoms with Crippen molar-refractivity contribution in [3.8, 4) is 0 Å². The average molecular weight is 356 g/mol. The van der Waals surface area contributed by atoms with Gasteiger partial charge in [-0.2, -0.15) is 0 Å². The standard InChI is InChI=1S/C19H18BrNO/c1-19(2,3)14-8-9-17-16(12-14)21-18(22-17)10-7-13-5-4-6-15(20)11-13/h4-12H,1-3H3/b10-7+. The van der Waals surface area contributed by atoms with Crippen LogP contribution in [0.1, 0.15) is 37.8 Å². The van der Waals surface area contributed by atoms with Crippen LogP contribution in [0.5, 0.6) is 0 Å². The average Bonchev–Trinajstić information content (AvgIpc) is 2.86. The smallest absolute Gasteiger partial charge is 0.220 e. The van der Waals surface area contributed by atoms with Crippen LogP contribution in [0.15, 0.2) is 51.4 Å². The van der Waals surface area contributed by atoms with Gasteiger partial charge in [-0.1, -0.05) is 54.9 Å². The molecule has 3 aromatic rings. The van der Waals surface area contributed by atoms with E-state index in [2.05, 4.69) is 59.9 Å². The second-order valence-electron chi connectivity index (χ2n) is 6.37. The van der Waals surface area contributed by atoms with Crippen LogP contribution in [0.2, 0.25) is 0 Å². The molecule has 0 aliphatic rings. The largest absolute Gasteiger partial charge is 0.437 e. The maximum atomic E-state index is 5.78. The van der Waals surface area contributed by atoms with Gasteiger partial charge in [-0.15, -0.1) is 0 Å². The van der Waals surface area contributed by atoms with Crippen LogP contribution >= 0.6 is 15.9 Å². The number of fused-ring (bicyclic) bond motifs is 1. The zero-order valence-electron chi connectivity index (χ0n) is 12.9. The summed E-state index contributed by atoms with van der Waals surface area (Å²) in [6.07, 6.45) is 3.90. The van der Waals surface area contributed by atoms with Crippen molar-refractivity contribution in [2.75, 3.05) is 0 Å². The lowest BCUT2D eigenvalue weighted by molar-refractivity contribution is 0.585. The number of rotatable bonds is 2. The third-order valence-electron chi connectivity index (χ3n) is 3.54. The van der Waals surface area contributed by atoms with Gasteiger partial charge in [0.1, 0.15) is 5.52 Å². The van der Waals surface area contributed by atoms with Gasteiger partial charge in [-0.25, -0.2) is 4.98 Å². The summed E-state index contributed by atoms with van der Waals surface area (Å²) < 4.78 is 6.84. The molecule has 0 radical (unpaired) electrons. The van der Waals surface area contributed by atoms with Gasteiger partial charge in [0.2, 0.25) is 5.89 Å². The Morgan fingerprint density at radius 2 is 1.86 bits per heavy atom. The van der Waals surface area contributed by atoms with Gasteiger partial charge in [-0.3, -0.25) is 0 Å². The fourth-order valence-electron chi connectivity index (χ4n) is 2.26. The van der Waals surface area contributed by atoms with Crippen molar-refractivity contribution < 1.29 is 4.42 Å². The Kier molecular flexibility index (Phi) is 3.92. The molecule has 0 bridgehead atoms. The number of aromatic nitrogens is 1. The van der Waals surface area contributed by atoms with E-state index in [1.54, 1.807) is 0 Å². The highest BCUT2D eigenvalue weighted by Crippen LogP contribution is 2.26. The van der Waals surface area contributed by atoms with E-state index in [0.29, 0.717) is 5.89 Å². The van der Waals surface area contributed by atoms with E-state index < -0.39 is 0 Å². The Bertz CT molecular complexity index is 840. The predicted octanol–water partition coefficient (Wildman–Crippen LogP) is 6.06. The third-order valence-corrected chi connectivity index (χ3v) is 4.03. The summed E-state index contributed by atoms with van der Waals surface area (Å²) in [4.78, 5) is 4.56. The third kappa shape index (κ3) is 3.30. The van der Waals surface area contributed by atoms with Gasteiger partial charge in [0.05, 0.1) is 0 Å². The van der Waals surface area contributed by atoms with E-state index in [1.165, 1.54) is 5.56 Å². The lowest BCUT2D eigenvalue weighted by Crippen LogP contribution is -2.10. The van der Waals surface area contributed by atoms with Crippen molar-refractivity contribution in [3.05, 3.63) is 64.0 Å². The van der Waals surface area contributed by atoms with Gasteiger partial charge in [0, 0.05) is 10.5 Å². The van der Waals surface area contributed by atoms with Gasteiger partial charge in [0.25, 0.3) is 0 Å². The summed E-state index contributed by atoms with van der Waals surface area (Å²) in [5, 5.41) is 0. The Labute approximate surface area is 139 Å². The second-order valence-corrected chi connectivity index (χ2v) is 7.29. The molecule has 3 heteroatoms. The van der Waals surface area contributed by atoms with E-state index in [9.17, 15) is 0 Å². The van der Waals surface area contributed by atoms with Crippen molar-refractivity contribution in [3.63, 3.8) is 0 Å². The molecule has 0 atom stereocenters. The molecule has 0 N–H and O–H groups in total. The van der Waals surface area contributed by atoms with Crippen molar-refractivity contribution in [2.24, 2.45) is 0 Å². The van der Waals surface area contributed by atoms with Crippen LogP contribution in [-0.2, 0) is 5.41 Å². The molecule has 112 valence electrons. The Morgan fingerprint density at radius 1 is 1.05 bits per heavy atom. The molecule has 0 aliphatic carbocycles. The molecular weight excluding hydrogens is 338 g/mol. The Balaban J connectivity index is 1.92. The van der Waals surface area contributed by atoms with Crippen LogP contribution < -0.4 is 0 Å². The fraction of sp³-hybridized carbons (Fsp3) is 0.211. The van der Waals surface area contributed by atoms with E-state index in [0.717, 1.165) is 21.1 Å². The van der Waals surface area contributed by atoms with Gasteiger partial charge < -0.3 is 4.42 Å². The highest BCUT2D eigenvalue weighted by Gasteiger charge is 2.15. The molecule has 0 saturated carbocycles. The maximum absolute atomic E-state index is 5.78. The van der Waals surface area contributed by atoms with Crippen LogP contribution in [0, 0.1) is 0 Å². The summed E-state index contributed by atoms with van der Waals surface area (Å²) >= 11 is 3.47. The normalized spacial score (nSPS) is 12.4. The lowest BCUT2D eigenvalue weighted by atomic mass is 9.87. The van der Waals surface area contributed by atoms with Gasteiger partial charge >= 0.3 is 0 Å². The fourth-order valence-corrected chi connectivity index (χ4v) is 2.68. The topological polar surface area (TPSA) is 26.0 Å². The molecule has 0 fully saturated rings. The predicted molar refractivity (Wildman–Crippen MR) is 95.8 cm³/mol. The quantitative estimate of drug-likeness (QED) is 0.558. The number of hydrogen-bond acceptors (Lipinski definition) is 2. The summed E-state index contributed by atoms with van der Waals surface area (Å²) in [6, 6.07) is 14.3. The van der Waals surface area contributed by atoms with Crippen LogP contribution in [-0.4, -0.2) is 4.98 Å². The van der Waals surface area contributed by atoms with Crippen molar-refractivity contribution in [2.45, 2.75) is 26.2 Å². The molecule has 1 aromatic heterocycles. The number of hydrogen-bond donors (Lipinski definition) is 0. The van der Waals surface area contributed by atoms with Gasteiger partial charge in [0.15, 0.2) is 5.58 Å². The molecule has 0 aliphatic heterocycles. The summed E-state index contributed by atoms with van der Waals surface area (Å²) in [5.41, 5.74) is 4.20. The highest BCUT2D eigenvalue weighted by atomic mass is 79.9. The second kappa shape index (κ2) is 5.73. The minimum Gasteiger partial charge on any atom is -0.437 e. The summed E-state index contributed by atoms with van der Waals surface area (Å²) in [6.45, 7) is 6.59. The molecule has 0 unspecified atom stereocenters. The minimum atomic E-state index is 0.111. The lowest BCUT2D eigenvalue weighted by Gasteiger charge is -2.18. The number of oxazole rings is 1. The van der Waals surface area contributed by atoms with Crippen LogP contribution in [0.25, 0.3) is 23.3 Å². The molecule has 2 nitrogen and oxygen atoms in total. The zero-order chi connectivity index (χ0) is 15.7. The molecular formula is C19H18BrNO. The van der Waals surface area contributed by atoms with E-state index in [1.807, 2.05) is 36.4 Å². The van der Waals surface area contributed by atoms with E-state index in [-0.39, 0.29) is 5.41 Å². The van der Waals surface area contributed by atoms with Crippen molar-refractivity contribution in [1.82, 2.24) is 4.98 Å². The van der Waals surface area contributed by atoms with Crippen LogP contribution in [0.4, 0.5) is 0 Å². The first-order valence-corrected chi connectivity index (χ1v) is 8.06. The van der Waals surface area contributed by atoms with Crippen molar-refractivity contribution in [1.29, 1.82) is 0 Å². The Morgan fingerprint density at radius 3 is 2.59 bits per heavy atom. The first-order chi connectivity index (χ1) is 10.4. The van der Waals surface area contributed by atoms with E-state index in [4.69, 9.17) is 4.42 Å². The Hall–Kier alpha value is -1.87. The number of nitrogens with zero attached hydrogens (tertiary/aromatic N) is 1. The molecule has 0 amide bonds. The molecule has 0 spiro atoms. The molecule has 22 heavy (non-hydrogen) atoms. The highest BCUT2D eigenvalue weighted by molar-refractivity contribution is 9.10.